The van der Waals surface area contributed by atoms with Crippen LogP contribution in [0.2, 0.25) is 0 Å². The normalized spacial score (nSPS) is 12.3. The number of nitrogens with one attached hydrogen (secondary N) is 2. The lowest BCUT2D eigenvalue weighted by molar-refractivity contribution is 1.11. The van der Waals surface area contributed by atoms with Crippen LogP contribution >= 0.6 is 0 Å². The van der Waals surface area contributed by atoms with Crippen LogP contribution in [0, 0.1) is 0 Å². The van der Waals surface area contributed by atoms with E-state index in [1.54, 1.807) is 60.7 Å². The molecule has 8 rings (SSSR count). The molecule has 0 aliphatic carbocycles. The summed E-state index contributed by atoms with van der Waals surface area (Å²) >= 11 is 0. The molecule has 170 valence electrons. The summed E-state index contributed by atoms with van der Waals surface area (Å²) < 4.78 is 3.03. The van der Waals surface area contributed by atoms with Gasteiger partial charge in [0.25, 0.3) is 22.2 Å². The van der Waals surface area contributed by atoms with E-state index in [1.165, 1.54) is 8.80 Å². The third-order valence-electron chi connectivity index (χ3n) is 7.23. The Hall–Kier alpha value is -5.24. The van der Waals surface area contributed by atoms with Crippen molar-refractivity contribution in [3.05, 3.63) is 114 Å². The molecule has 0 saturated heterocycles. The summed E-state index contributed by atoms with van der Waals surface area (Å²) in [7, 11) is 0. The molecular formula is C28H14N4O4. The van der Waals surface area contributed by atoms with Gasteiger partial charge >= 0.3 is 0 Å². The molecule has 2 N–H and O–H groups in total. The van der Waals surface area contributed by atoms with Crippen LogP contribution in [0.15, 0.2) is 92.0 Å². The molecule has 0 spiro atoms. The minimum absolute atomic E-state index is 0.299. The zero-order valence-electron chi connectivity index (χ0n) is 18.5. The van der Waals surface area contributed by atoms with Crippen LogP contribution in [-0.2, 0) is 0 Å². The van der Waals surface area contributed by atoms with Gasteiger partial charge in [-0.1, -0.05) is 24.3 Å². The summed E-state index contributed by atoms with van der Waals surface area (Å²) in [6, 6.07) is 20.9. The minimum atomic E-state index is -0.304. The number of hydrogen-bond donors (Lipinski definition) is 2. The molecule has 0 saturated carbocycles. The summed E-state index contributed by atoms with van der Waals surface area (Å²) in [5.41, 5.74) is 0.526. The van der Waals surface area contributed by atoms with Crippen molar-refractivity contribution in [3.8, 4) is 0 Å². The molecule has 4 heterocycles. The molecule has 0 aliphatic heterocycles. The molecule has 8 nitrogen and oxygen atoms in total. The summed E-state index contributed by atoms with van der Waals surface area (Å²) in [4.78, 5) is 59.1. The lowest BCUT2D eigenvalue weighted by atomic mass is 9.96. The second-order valence-electron chi connectivity index (χ2n) is 8.99. The Labute approximate surface area is 198 Å². The second-order valence-corrected chi connectivity index (χ2v) is 8.99. The van der Waals surface area contributed by atoms with Crippen molar-refractivity contribution in [1.29, 1.82) is 0 Å². The van der Waals surface area contributed by atoms with Crippen LogP contribution in [0.5, 0.6) is 0 Å². The molecule has 0 aliphatic rings. The van der Waals surface area contributed by atoms with E-state index in [-0.39, 0.29) is 22.2 Å². The van der Waals surface area contributed by atoms with Gasteiger partial charge in [-0.3, -0.25) is 28.0 Å². The van der Waals surface area contributed by atoms with Crippen molar-refractivity contribution in [2.75, 3.05) is 0 Å². The van der Waals surface area contributed by atoms with Crippen LogP contribution in [0.25, 0.3) is 65.4 Å². The number of hydrogen-bond acceptors (Lipinski definition) is 4. The average Bonchev–Trinajstić information content (AvgIpc) is 2.90. The van der Waals surface area contributed by atoms with Crippen LogP contribution in [0.4, 0.5) is 0 Å². The number of rotatable bonds is 0. The van der Waals surface area contributed by atoms with Crippen LogP contribution < -0.4 is 22.2 Å². The number of H-pyrrole nitrogens is 2. The maximum atomic E-state index is 13.8. The van der Waals surface area contributed by atoms with E-state index < -0.39 is 0 Å². The average molecular weight is 470 g/mol. The molecule has 4 aromatic heterocycles. The molecule has 0 atom stereocenters. The Balaban J connectivity index is 1.72. The van der Waals surface area contributed by atoms with E-state index >= 15 is 0 Å². The highest BCUT2D eigenvalue weighted by Gasteiger charge is 2.21. The van der Waals surface area contributed by atoms with Crippen molar-refractivity contribution in [2.45, 2.75) is 0 Å². The fraction of sp³-hybridized carbons (Fsp3) is 0. The molecule has 8 heteroatoms. The zero-order valence-corrected chi connectivity index (χ0v) is 18.5. The van der Waals surface area contributed by atoms with E-state index in [0.717, 1.165) is 0 Å². The maximum Gasteiger partial charge on any atom is 0.264 e. The third kappa shape index (κ3) is 2.10. The lowest BCUT2D eigenvalue weighted by Crippen LogP contribution is -2.23. The molecule has 0 bridgehead atoms. The van der Waals surface area contributed by atoms with Crippen LogP contribution in [-0.4, -0.2) is 18.8 Å². The number of pyridine rings is 2. The first-order chi connectivity index (χ1) is 17.5. The maximum absolute atomic E-state index is 13.8. The predicted octanol–water partition coefficient (Wildman–Crippen LogP) is 3.49. The van der Waals surface area contributed by atoms with Gasteiger partial charge < -0.3 is 9.97 Å². The van der Waals surface area contributed by atoms with Gasteiger partial charge in [-0.05, 0) is 48.5 Å². The van der Waals surface area contributed by atoms with Gasteiger partial charge in [0.1, 0.15) is 11.3 Å². The molecule has 36 heavy (non-hydrogen) atoms. The van der Waals surface area contributed by atoms with Crippen LogP contribution in [0.3, 0.4) is 0 Å². The van der Waals surface area contributed by atoms with E-state index in [4.69, 9.17) is 0 Å². The Morgan fingerprint density at radius 1 is 0.444 bits per heavy atom. The smallest absolute Gasteiger partial charge is 0.264 e. The Morgan fingerprint density at radius 3 is 1.28 bits per heavy atom. The second kappa shape index (κ2) is 6.25. The highest BCUT2D eigenvalue weighted by molar-refractivity contribution is 6.27. The molecule has 0 unspecified atom stereocenters. The summed E-state index contributed by atoms with van der Waals surface area (Å²) in [6.07, 6.45) is 0. The van der Waals surface area contributed by atoms with E-state index in [1.807, 2.05) is 12.1 Å². The highest BCUT2D eigenvalue weighted by atomic mass is 16.1. The first-order valence-electron chi connectivity index (χ1n) is 11.4. The van der Waals surface area contributed by atoms with Crippen molar-refractivity contribution in [2.24, 2.45) is 0 Å². The molecule has 0 fully saturated rings. The highest BCUT2D eigenvalue weighted by Crippen LogP contribution is 2.35. The first kappa shape index (κ1) is 19.1. The topological polar surface area (TPSA) is 109 Å². The van der Waals surface area contributed by atoms with Crippen molar-refractivity contribution in [3.63, 3.8) is 0 Å². The molecule has 0 amide bonds. The largest absolute Gasteiger partial charge is 0.307 e. The van der Waals surface area contributed by atoms with Gasteiger partial charge in [-0.15, -0.1) is 0 Å². The SMILES string of the molecule is O=c1[nH]c2c3ccc4c5c(ccc(c(=O)n2c2ccccc12)c35)c(=O)n1c2ccccc2c(=O)[nH]c41. The number of para-hydroxylation sites is 2. The fourth-order valence-corrected chi connectivity index (χ4v) is 5.71. The number of nitrogens with zero attached hydrogens (tertiary/aromatic N) is 2. The Bertz CT molecular complexity index is 2340. The molecule has 4 aromatic carbocycles. The quantitative estimate of drug-likeness (QED) is 0.261. The standard InChI is InChI=1S/C28H14N4O4/c33-25-13-5-1-3-7-19(13)31-23(29-25)15-9-10-16-22-18(12-11-17(21(15)22)27(31)35)28(36)32-20-8-4-2-6-14(20)26(34)30-24(16)32/h1-12H,(H,29,33)(H,30,34). The van der Waals surface area contributed by atoms with E-state index in [0.29, 0.717) is 65.4 Å². The first-order valence-corrected chi connectivity index (χ1v) is 11.4. The monoisotopic (exact) mass is 470 g/mol. The van der Waals surface area contributed by atoms with Crippen molar-refractivity contribution < 1.29 is 0 Å². The molecule has 0 radical (unpaired) electrons. The van der Waals surface area contributed by atoms with Gasteiger partial charge in [0.2, 0.25) is 0 Å². The third-order valence-corrected chi connectivity index (χ3v) is 7.23. The zero-order chi connectivity index (χ0) is 24.3. The summed E-state index contributed by atoms with van der Waals surface area (Å²) in [5, 5.41) is 4.09. The van der Waals surface area contributed by atoms with E-state index in [9.17, 15) is 19.2 Å². The van der Waals surface area contributed by atoms with Gasteiger partial charge in [0.15, 0.2) is 0 Å². The number of aromatic amines is 2. The van der Waals surface area contributed by atoms with Crippen molar-refractivity contribution in [1.82, 2.24) is 18.8 Å². The van der Waals surface area contributed by atoms with Gasteiger partial charge in [0, 0.05) is 32.3 Å². The van der Waals surface area contributed by atoms with Gasteiger partial charge in [-0.2, -0.15) is 0 Å². The van der Waals surface area contributed by atoms with Crippen molar-refractivity contribution >= 4 is 65.4 Å². The lowest BCUT2D eigenvalue weighted by Gasteiger charge is -2.16. The number of fused-ring (bicyclic) bond motifs is 8. The minimum Gasteiger partial charge on any atom is -0.307 e. The number of benzene rings is 4. The van der Waals surface area contributed by atoms with Crippen LogP contribution in [0.1, 0.15) is 0 Å². The molecular weight excluding hydrogens is 456 g/mol. The fourth-order valence-electron chi connectivity index (χ4n) is 5.71. The summed E-state index contributed by atoms with van der Waals surface area (Å²) in [5.74, 6) is 0. The Morgan fingerprint density at radius 2 is 0.833 bits per heavy atom. The Kier molecular flexibility index (Phi) is 3.32. The van der Waals surface area contributed by atoms with Gasteiger partial charge in [0.05, 0.1) is 21.8 Å². The van der Waals surface area contributed by atoms with Gasteiger partial charge in [-0.25, -0.2) is 0 Å². The predicted molar refractivity (Wildman–Crippen MR) is 141 cm³/mol. The number of aromatic nitrogens is 4. The summed E-state index contributed by atoms with van der Waals surface area (Å²) in [6.45, 7) is 0. The molecule has 8 aromatic rings. The van der Waals surface area contributed by atoms with E-state index in [2.05, 4.69) is 9.97 Å².